The molecule has 4 nitrogen and oxygen atoms in total. The molecule has 0 atom stereocenters. The van der Waals surface area contributed by atoms with Gasteiger partial charge < -0.3 is 9.79 Å². The van der Waals surface area contributed by atoms with Crippen LogP contribution in [0.1, 0.15) is 54.5 Å². The molecule has 0 bridgehead atoms. The molecule has 0 amide bonds. The number of quaternary nitrogens is 1. The van der Waals surface area contributed by atoms with E-state index in [2.05, 4.69) is 53.1 Å². The number of allylic oxidation sites excluding steroid dienone is 1. The lowest BCUT2D eigenvalue weighted by atomic mass is 9.75. The fourth-order valence-corrected chi connectivity index (χ4v) is 5.34. The molecular formula is C24H31NO3P+. The molecule has 0 saturated heterocycles. The first-order valence-electron chi connectivity index (χ1n) is 10.3. The highest BCUT2D eigenvalue weighted by molar-refractivity contribution is 7.60. The minimum Gasteiger partial charge on any atom is -0.321 e. The first-order valence-corrected chi connectivity index (χ1v) is 11.9. The van der Waals surface area contributed by atoms with Gasteiger partial charge in [-0.2, -0.15) is 0 Å². The maximum Gasteiger partial charge on any atom is 0.356 e. The third kappa shape index (κ3) is 3.64. The summed E-state index contributed by atoms with van der Waals surface area (Å²) < 4.78 is 12.5. The zero-order chi connectivity index (χ0) is 21.2. The van der Waals surface area contributed by atoms with Crippen LogP contribution in [0.4, 0.5) is 5.69 Å². The van der Waals surface area contributed by atoms with E-state index in [1.54, 1.807) is 12.1 Å². The normalized spacial score (nSPS) is 21.1. The number of nitrogens with zero attached hydrogens (tertiary/aromatic N) is 1. The van der Waals surface area contributed by atoms with E-state index in [1.165, 1.54) is 34.4 Å². The van der Waals surface area contributed by atoms with Crippen molar-refractivity contribution < 1.29 is 14.4 Å². The maximum absolute atomic E-state index is 11.6. The van der Waals surface area contributed by atoms with E-state index in [4.69, 9.17) is 0 Å². The number of hydrogen-bond donors (Lipinski definition) is 2. The Morgan fingerprint density at radius 1 is 1.10 bits per heavy atom. The monoisotopic (exact) mass is 412 g/mol. The Bertz CT molecular complexity index is 1080. The molecule has 1 heterocycles. The van der Waals surface area contributed by atoms with Crippen molar-refractivity contribution in [2.75, 3.05) is 20.6 Å². The molecule has 4 rings (SSSR count). The van der Waals surface area contributed by atoms with Gasteiger partial charge in [0.1, 0.15) is 5.69 Å². The number of aryl methyl sites for hydroxylation is 2. The van der Waals surface area contributed by atoms with Crippen LogP contribution in [0, 0.1) is 6.92 Å². The van der Waals surface area contributed by atoms with Gasteiger partial charge in [-0.05, 0) is 65.8 Å². The first-order chi connectivity index (χ1) is 13.4. The van der Waals surface area contributed by atoms with E-state index < -0.39 is 7.60 Å². The molecule has 0 aromatic heterocycles. The molecule has 0 spiro atoms. The molecule has 0 radical (unpaired) electrons. The highest BCUT2D eigenvalue weighted by atomic mass is 31.2. The molecule has 0 unspecified atom stereocenters. The molecule has 1 aliphatic carbocycles. The Kier molecular flexibility index (Phi) is 4.71. The number of fused-ring (bicyclic) bond motifs is 2. The summed E-state index contributed by atoms with van der Waals surface area (Å²) in [6, 6.07) is 9.86. The molecule has 2 N–H and O–H groups in total. The fraction of sp³-hybridized carbons (Fsp3) is 0.417. The molecule has 29 heavy (non-hydrogen) atoms. The van der Waals surface area contributed by atoms with Crippen molar-refractivity contribution in [3.63, 3.8) is 0 Å². The Hall–Kier alpha value is -1.71. The zero-order valence-corrected chi connectivity index (χ0v) is 18.9. The van der Waals surface area contributed by atoms with E-state index in [0.29, 0.717) is 0 Å². The van der Waals surface area contributed by atoms with E-state index in [0.717, 1.165) is 35.0 Å². The van der Waals surface area contributed by atoms with E-state index in [-0.39, 0.29) is 10.7 Å². The highest BCUT2D eigenvalue weighted by Gasteiger charge is 2.38. The van der Waals surface area contributed by atoms with Gasteiger partial charge in [0.25, 0.3) is 0 Å². The molecule has 2 aliphatic rings. The van der Waals surface area contributed by atoms with Gasteiger partial charge in [0, 0.05) is 23.5 Å². The van der Waals surface area contributed by atoms with Crippen molar-refractivity contribution in [2.24, 2.45) is 0 Å². The SMILES string of the molecule is Cc1cc2c(cc1/C=C1\CCc3cc(P(=O)(O)O)ccc31)C(C)(C)CC[N+]2(C)C. The summed E-state index contributed by atoms with van der Waals surface area (Å²) in [6.45, 7) is 8.01. The summed E-state index contributed by atoms with van der Waals surface area (Å²) in [5.74, 6) is 0. The summed E-state index contributed by atoms with van der Waals surface area (Å²) in [7, 11) is 0.372. The Morgan fingerprint density at radius 3 is 2.52 bits per heavy atom. The van der Waals surface area contributed by atoms with Gasteiger partial charge >= 0.3 is 7.60 Å². The van der Waals surface area contributed by atoms with Crippen LogP contribution in [-0.2, 0) is 16.4 Å². The second-order valence-electron chi connectivity index (χ2n) is 9.82. The average molecular weight is 412 g/mol. The minimum atomic E-state index is -4.21. The van der Waals surface area contributed by atoms with Gasteiger partial charge in [-0.1, -0.05) is 26.0 Å². The smallest absolute Gasteiger partial charge is 0.321 e. The van der Waals surface area contributed by atoms with Crippen LogP contribution >= 0.6 is 7.60 Å². The fourth-order valence-electron chi connectivity index (χ4n) is 4.75. The molecule has 0 fully saturated rings. The summed E-state index contributed by atoms with van der Waals surface area (Å²) in [4.78, 5) is 18.9. The average Bonchev–Trinajstić information content (AvgIpc) is 3.02. The van der Waals surface area contributed by atoms with Gasteiger partial charge in [0.15, 0.2) is 0 Å². The van der Waals surface area contributed by atoms with Crippen molar-refractivity contribution >= 4 is 30.2 Å². The van der Waals surface area contributed by atoms with Gasteiger partial charge in [-0.3, -0.25) is 9.05 Å². The largest absolute Gasteiger partial charge is 0.356 e. The lowest BCUT2D eigenvalue weighted by Gasteiger charge is -2.42. The third-order valence-corrected chi connectivity index (χ3v) is 7.78. The van der Waals surface area contributed by atoms with E-state index in [9.17, 15) is 14.4 Å². The Balaban J connectivity index is 1.79. The van der Waals surface area contributed by atoms with Gasteiger partial charge in [-0.25, -0.2) is 0 Å². The van der Waals surface area contributed by atoms with Gasteiger partial charge in [-0.15, -0.1) is 0 Å². The first kappa shape index (κ1) is 20.6. The maximum atomic E-state index is 11.6. The number of hydrogen-bond acceptors (Lipinski definition) is 1. The highest BCUT2D eigenvalue weighted by Crippen LogP contribution is 2.44. The Morgan fingerprint density at radius 2 is 1.83 bits per heavy atom. The van der Waals surface area contributed by atoms with Crippen LogP contribution in [0.25, 0.3) is 11.6 Å². The Labute approximate surface area is 173 Å². The molecule has 2 aromatic carbocycles. The summed E-state index contributed by atoms with van der Waals surface area (Å²) >= 11 is 0. The standard InChI is InChI=1S/C24H30NO3P/c1-16-12-23-22(24(2,3)10-11-25(23,4)5)15-19(16)13-17-6-7-18-14-20(29(26,27)28)8-9-21(17)18/h8-9,12-15H,6-7,10-11H2,1-5H3,(H-,26,27,28)/p+1/b17-13+. The van der Waals surface area contributed by atoms with Gasteiger partial charge in [0.05, 0.1) is 25.9 Å². The molecule has 0 saturated carbocycles. The van der Waals surface area contributed by atoms with Crippen LogP contribution in [0.15, 0.2) is 30.3 Å². The molecule has 154 valence electrons. The summed E-state index contributed by atoms with van der Waals surface area (Å²) in [5.41, 5.74) is 8.94. The number of benzene rings is 2. The number of rotatable bonds is 2. The van der Waals surface area contributed by atoms with Crippen LogP contribution in [0.3, 0.4) is 0 Å². The molecule has 1 aliphatic heterocycles. The molecular weight excluding hydrogens is 381 g/mol. The third-order valence-electron chi connectivity index (χ3n) is 6.83. The quantitative estimate of drug-likeness (QED) is 0.563. The predicted octanol–water partition coefficient (Wildman–Crippen LogP) is 4.53. The van der Waals surface area contributed by atoms with Crippen molar-refractivity contribution in [1.29, 1.82) is 0 Å². The summed E-state index contributed by atoms with van der Waals surface area (Å²) in [6.07, 6.45) is 5.18. The minimum absolute atomic E-state index is 0.115. The lowest BCUT2D eigenvalue weighted by molar-refractivity contribution is 0.302. The van der Waals surface area contributed by atoms with Crippen LogP contribution in [0.2, 0.25) is 0 Å². The summed E-state index contributed by atoms with van der Waals surface area (Å²) in [5, 5.41) is 0.115. The van der Waals surface area contributed by atoms with E-state index in [1.807, 2.05) is 6.07 Å². The molecule has 2 aromatic rings. The van der Waals surface area contributed by atoms with Crippen molar-refractivity contribution in [1.82, 2.24) is 4.48 Å². The lowest BCUT2D eigenvalue weighted by Crippen LogP contribution is -2.48. The zero-order valence-electron chi connectivity index (χ0n) is 18.0. The van der Waals surface area contributed by atoms with Crippen molar-refractivity contribution in [3.05, 3.63) is 58.1 Å². The van der Waals surface area contributed by atoms with Gasteiger partial charge in [0.2, 0.25) is 0 Å². The van der Waals surface area contributed by atoms with Crippen molar-refractivity contribution in [2.45, 2.75) is 45.4 Å². The second kappa shape index (κ2) is 6.65. The predicted molar refractivity (Wildman–Crippen MR) is 122 cm³/mol. The van der Waals surface area contributed by atoms with E-state index >= 15 is 0 Å². The second-order valence-corrected chi connectivity index (χ2v) is 11.4. The van der Waals surface area contributed by atoms with Crippen LogP contribution < -0.4 is 9.79 Å². The van der Waals surface area contributed by atoms with Crippen LogP contribution in [0.5, 0.6) is 0 Å². The topological polar surface area (TPSA) is 57.5 Å². The molecule has 5 heteroatoms. The van der Waals surface area contributed by atoms with Crippen LogP contribution in [-0.4, -0.2) is 30.4 Å². The van der Waals surface area contributed by atoms with Crippen molar-refractivity contribution in [3.8, 4) is 0 Å².